The Hall–Kier alpha value is -3.54. The van der Waals surface area contributed by atoms with Crippen molar-refractivity contribution < 1.29 is 14.7 Å². The molecule has 0 radical (unpaired) electrons. The molecule has 1 atom stereocenters. The fourth-order valence-corrected chi connectivity index (χ4v) is 2.83. The number of hydrogen-bond donors (Lipinski definition) is 2. The lowest BCUT2D eigenvalue weighted by atomic mass is 9.99. The highest BCUT2D eigenvalue weighted by molar-refractivity contribution is 5.97. The van der Waals surface area contributed by atoms with Gasteiger partial charge in [-0.05, 0) is 36.1 Å². The van der Waals surface area contributed by atoms with Crippen LogP contribution < -0.4 is 5.32 Å². The van der Waals surface area contributed by atoms with Crippen molar-refractivity contribution in [2.75, 3.05) is 0 Å². The van der Waals surface area contributed by atoms with Crippen LogP contribution in [-0.4, -0.2) is 33.0 Å². The molecular formula is C21H19N3O3. The van der Waals surface area contributed by atoms with Crippen LogP contribution in [-0.2, 0) is 12.8 Å². The van der Waals surface area contributed by atoms with Crippen LogP contribution in [0.25, 0.3) is 0 Å². The van der Waals surface area contributed by atoms with E-state index in [-0.39, 0.29) is 23.1 Å². The minimum absolute atomic E-state index is 0.0190. The van der Waals surface area contributed by atoms with Crippen molar-refractivity contribution in [2.45, 2.75) is 18.9 Å². The summed E-state index contributed by atoms with van der Waals surface area (Å²) >= 11 is 0. The molecule has 6 heteroatoms. The first-order valence-electron chi connectivity index (χ1n) is 8.54. The number of aromatic nitrogens is 2. The minimum atomic E-state index is -1.12. The lowest BCUT2D eigenvalue weighted by molar-refractivity contribution is 0.0696. The van der Waals surface area contributed by atoms with Crippen molar-refractivity contribution in [2.24, 2.45) is 0 Å². The van der Waals surface area contributed by atoms with Crippen LogP contribution in [0, 0.1) is 0 Å². The molecule has 0 fully saturated rings. The molecule has 0 aliphatic carbocycles. The van der Waals surface area contributed by atoms with Crippen LogP contribution in [0.1, 0.15) is 31.8 Å². The normalized spacial score (nSPS) is 11.6. The Bertz CT molecular complexity index is 873. The number of pyridine rings is 2. The number of benzene rings is 1. The maximum absolute atomic E-state index is 12.7. The van der Waals surface area contributed by atoms with Gasteiger partial charge in [0, 0.05) is 30.8 Å². The summed E-state index contributed by atoms with van der Waals surface area (Å²) in [5.41, 5.74) is 2.31. The summed E-state index contributed by atoms with van der Waals surface area (Å²) in [6, 6.07) is 14.9. The van der Waals surface area contributed by atoms with Gasteiger partial charge in [-0.25, -0.2) is 4.79 Å². The van der Waals surface area contributed by atoms with Crippen LogP contribution >= 0.6 is 0 Å². The summed E-state index contributed by atoms with van der Waals surface area (Å²) < 4.78 is 0. The largest absolute Gasteiger partial charge is 0.478 e. The average molecular weight is 361 g/mol. The van der Waals surface area contributed by atoms with E-state index in [1.807, 2.05) is 42.5 Å². The highest BCUT2D eigenvalue weighted by Crippen LogP contribution is 2.10. The van der Waals surface area contributed by atoms with Gasteiger partial charge < -0.3 is 10.4 Å². The van der Waals surface area contributed by atoms with Gasteiger partial charge in [-0.15, -0.1) is 0 Å². The molecule has 2 aromatic heterocycles. The van der Waals surface area contributed by atoms with E-state index in [0.717, 1.165) is 11.1 Å². The van der Waals surface area contributed by atoms with E-state index in [1.54, 1.807) is 12.4 Å². The number of hydrogen-bond acceptors (Lipinski definition) is 4. The Labute approximate surface area is 156 Å². The molecule has 136 valence electrons. The number of nitrogens with one attached hydrogen (secondary N) is 1. The maximum Gasteiger partial charge on any atom is 0.337 e. The fraction of sp³-hybridized carbons (Fsp3) is 0.143. The molecule has 0 spiro atoms. The highest BCUT2D eigenvalue weighted by atomic mass is 16.4. The number of carboxylic acids is 1. The molecular weight excluding hydrogens is 342 g/mol. The quantitative estimate of drug-likeness (QED) is 0.675. The number of carbonyl (C=O) groups is 2. The molecule has 1 aromatic carbocycles. The second-order valence-corrected chi connectivity index (χ2v) is 6.19. The van der Waals surface area contributed by atoms with Gasteiger partial charge in [0.25, 0.3) is 5.91 Å². The zero-order valence-corrected chi connectivity index (χ0v) is 14.6. The van der Waals surface area contributed by atoms with Gasteiger partial charge >= 0.3 is 5.97 Å². The van der Waals surface area contributed by atoms with E-state index in [9.17, 15) is 9.59 Å². The summed E-state index contributed by atoms with van der Waals surface area (Å²) in [4.78, 5) is 31.7. The molecule has 6 nitrogen and oxygen atoms in total. The van der Waals surface area contributed by atoms with Gasteiger partial charge in [-0.2, -0.15) is 0 Å². The van der Waals surface area contributed by atoms with Gasteiger partial charge in [-0.1, -0.05) is 36.4 Å². The number of nitrogens with zero attached hydrogens (tertiary/aromatic N) is 2. The van der Waals surface area contributed by atoms with Gasteiger partial charge in [0.2, 0.25) is 0 Å². The Morgan fingerprint density at radius 3 is 2.30 bits per heavy atom. The molecule has 0 saturated carbocycles. The van der Waals surface area contributed by atoms with Crippen molar-refractivity contribution in [1.29, 1.82) is 0 Å². The standard InChI is InChI=1S/C21H19N3O3/c25-20(17-11-18(21(26)27)14-23-13-17)24-19(9-15-5-2-1-3-6-15)10-16-7-4-8-22-12-16/h1-8,11-14,19H,9-10H2,(H,24,25)(H,26,27). The molecule has 0 aliphatic heterocycles. The van der Waals surface area contributed by atoms with E-state index in [1.165, 1.54) is 18.5 Å². The molecule has 3 rings (SSSR count). The number of rotatable bonds is 7. The Balaban J connectivity index is 1.78. The lowest BCUT2D eigenvalue weighted by Gasteiger charge is -2.19. The van der Waals surface area contributed by atoms with Gasteiger partial charge in [0.05, 0.1) is 11.1 Å². The van der Waals surface area contributed by atoms with E-state index < -0.39 is 5.97 Å². The van der Waals surface area contributed by atoms with E-state index in [4.69, 9.17) is 5.11 Å². The van der Waals surface area contributed by atoms with Crippen LogP contribution in [0.5, 0.6) is 0 Å². The maximum atomic E-state index is 12.7. The topological polar surface area (TPSA) is 92.2 Å². The van der Waals surface area contributed by atoms with Crippen molar-refractivity contribution in [3.05, 3.63) is 95.6 Å². The SMILES string of the molecule is O=C(O)c1cncc(C(=O)NC(Cc2ccccc2)Cc2cccnc2)c1. The Morgan fingerprint density at radius 2 is 1.59 bits per heavy atom. The average Bonchev–Trinajstić information content (AvgIpc) is 2.69. The molecule has 0 saturated heterocycles. The molecule has 1 amide bonds. The summed E-state index contributed by atoms with van der Waals surface area (Å²) in [6.45, 7) is 0. The summed E-state index contributed by atoms with van der Waals surface area (Å²) in [5, 5.41) is 12.1. The van der Waals surface area contributed by atoms with Gasteiger partial charge in [0.15, 0.2) is 0 Å². The number of carboxylic acid groups (broad SMARTS) is 1. The van der Waals surface area contributed by atoms with Crippen LogP contribution in [0.4, 0.5) is 0 Å². The monoisotopic (exact) mass is 361 g/mol. The molecule has 2 N–H and O–H groups in total. The third-order valence-corrected chi connectivity index (χ3v) is 4.11. The first-order valence-corrected chi connectivity index (χ1v) is 8.54. The van der Waals surface area contributed by atoms with E-state index in [2.05, 4.69) is 15.3 Å². The molecule has 2 heterocycles. The second-order valence-electron chi connectivity index (χ2n) is 6.19. The van der Waals surface area contributed by atoms with Crippen molar-refractivity contribution >= 4 is 11.9 Å². The summed E-state index contributed by atoms with van der Waals surface area (Å²) in [5.74, 6) is -1.47. The number of aromatic carboxylic acids is 1. The predicted octanol–water partition coefficient (Wildman–Crippen LogP) is 2.76. The molecule has 27 heavy (non-hydrogen) atoms. The highest BCUT2D eigenvalue weighted by Gasteiger charge is 2.17. The number of amides is 1. The van der Waals surface area contributed by atoms with Crippen molar-refractivity contribution in [1.82, 2.24) is 15.3 Å². The first-order chi connectivity index (χ1) is 13.1. The molecule has 3 aromatic rings. The summed E-state index contributed by atoms with van der Waals surface area (Å²) in [6.07, 6.45) is 7.32. The van der Waals surface area contributed by atoms with E-state index >= 15 is 0 Å². The Morgan fingerprint density at radius 1 is 0.889 bits per heavy atom. The van der Waals surface area contributed by atoms with Crippen molar-refractivity contribution in [3.8, 4) is 0 Å². The zero-order chi connectivity index (χ0) is 19.1. The van der Waals surface area contributed by atoms with Crippen LogP contribution in [0.2, 0.25) is 0 Å². The van der Waals surface area contributed by atoms with Crippen LogP contribution in [0.3, 0.4) is 0 Å². The minimum Gasteiger partial charge on any atom is -0.478 e. The Kier molecular flexibility index (Phi) is 5.89. The lowest BCUT2D eigenvalue weighted by Crippen LogP contribution is -2.38. The van der Waals surface area contributed by atoms with Gasteiger partial charge in [0.1, 0.15) is 0 Å². The number of carbonyl (C=O) groups excluding carboxylic acids is 1. The smallest absolute Gasteiger partial charge is 0.337 e. The predicted molar refractivity (Wildman–Crippen MR) is 101 cm³/mol. The zero-order valence-electron chi connectivity index (χ0n) is 14.6. The summed E-state index contributed by atoms with van der Waals surface area (Å²) in [7, 11) is 0. The van der Waals surface area contributed by atoms with Gasteiger partial charge in [-0.3, -0.25) is 14.8 Å². The third-order valence-electron chi connectivity index (χ3n) is 4.11. The second kappa shape index (κ2) is 8.71. The van der Waals surface area contributed by atoms with Crippen molar-refractivity contribution in [3.63, 3.8) is 0 Å². The van der Waals surface area contributed by atoms with Crippen LogP contribution in [0.15, 0.2) is 73.3 Å². The molecule has 0 aliphatic rings. The first kappa shape index (κ1) is 18.3. The third kappa shape index (κ3) is 5.22. The molecule has 0 bridgehead atoms. The van der Waals surface area contributed by atoms with E-state index in [0.29, 0.717) is 12.8 Å². The fourth-order valence-electron chi connectivity index (χ4n) is 2.83. The molecule has 1 unspecified atom stereocenters.